The van der Waals surface area contributed by atoms with E-state index in [2.05, 4.69) is 15.8 Å². The lowest BCUT2D eigenvalue weighted by molar-refractivity contribution is -0.136. The summed E-state index contributed by atoms with van der Waals surface area (Å²) in [5.41, 5.74) is 2.71. The van der Waals surface area contributed by atoms with Crippen molar-refractivity contribution in [2.75, 3.05) is 5.32 Å². The van der Waals surface area contributed by atoms with Crippen molar-refractivity contribution in [3.63, 3.8) is 0 Å². The van der Waals surface area contributed by atoms with Gasteiger partial charge in [0.2, 0.25) is 0 Å². The minimum absolute atomic E-state index is 0.123. The van der Waals surface area contributed by atoms with Crippen LogP contribution in [0.4, 0.5) is 5.69 Å². The molecule has 0 spiro atoms. The second-order valence-corrected chi connectivity index (χ2v) is 5.18. The molecule has 0 aromatic heterocycles. The molecule has 8 heteroatoms. The number of carbonyl (C=O) groups excluding carboxylic acids is 2. The summed E-state index contributed by atoms with van der Waals surface area (Å²) in [6.45, 7) is 0. The van der Waals surface area contributed by atoms with Crippen molar-refractivity contribution in [2.45, 2.75) is 0 Å². The molecule has 0 atom stereocenters. The van der Waals surface area contributed by atoms with Gasteiger partial charge < -0.3 is 10.4 Å². The van der Waals surface area contributed by atoms with Crippen molar-refractivity contribution in [3.8, 4) is 5.75 Å². The first kappa shape index (κ1) is 16.8. The van der Waals surface area contributed by atoms with Gasteiger partial charge >= 0.3 is 11.8 Å². The average molecular weight is 352 g/mol. The topological polar surface area (TPSA) is 90.8 Å². The van der Waals surface area contributed by atoms with Crippen LogP contribution < -0.4 is 10.7 Å². The van der Waals surface area contributed by atoms with Gasteiger partial charge in [0.15, 0.2) is 0 Å². The predicted octanol–water partition coefficient (Wildman–Crippen LogP) is 2.79. The molecular weight excluding hydrogens is 341 g/mol. The van der Waals surface area contributed by atoms with E-state index in [4.69, 9.17) is 23.2 Å². The number of phenols is 1. The van der Waals surface area contributed by atoms with Crippen LogP contribution in [0.5, 0.6) is 5.75 Å². The SMILES string of the molecule is O=C(N/N=C/c1ccc(Cl)cc1Cl)C(=O)Nc1ccccc1O. The molecule has 0 heterocycles. The number of nitrogens with one attached hydrogen (secondary N) is 2. The number of aromatic hydroxyl groups is 1. The number of phenolic OH excluding ortho intramolecular Hbond substituents is 1. The van der Waals surface area contributed by atoms with Crippen LogP contribution in [-0.4, -0.2) is 23.1 Å². The largest absolute Gasteiger partial charge is 0.506 e. The lowest BCUT2D eigenvalue weighted by Gasteiger charge is -2.05. The Kier molecular flexibility index (Phi) is 5.56. The maximum absolute atomic E-state index is 11.7. The van der Waals surface area contributed by atoms with Gasteiger partial charge in [-0.15, -0.1) is 0 Å². The Morgan fingerprint density at radius 3 is 2.52 bits per heavy atom. The minimum atomic E-state index is -0.991. The third kappa shape index (κ3) is 4.70. The summed E-state index contributed by atoms with van der Waals surface area (Å²) in [7, 11) is 0. The van der Waals surface area contributed by atoms with Gasteiger partial charge in [-0.2, -0.15) is 5.10 Å². The number of nitrogens with zero attached hydrogens (tertiary/aromatic N) is 1. The summed E-state index contributed by atoms with van der Waals surface area (Å²) in [6, 6.07) is 10.8. The van der Waals surface area contributed by atoms with Crippen LogP contribution >= 0.6 is 23.2 Å². The van der Waals surface area contributed by atoms with Crippen molar-refractivity contribution in [1.82, 2.24) is 5.43 Å². The summed E-state index contributed by atoms with van der Waals surface area (Å²) in [6.07, 6.45) is 1.28. The van der Waals surface area contributed by atoms with Crippen LogP contribution in [0.15, 0.2) is 47.6 Å². The summed E-state index contributed by atoms with van der Waals surface area (Å²) in [4.78, 5) is 23.3. The third-order valence-electron chi connectivity index (χ3n) is 2.69. The zero-order chi connectivity index (χ0) is 16.8. The average Bonchev–Trinajstić information content (AvgIpc) is 2.51. The Labute approximate surface area is 141 Å². The van der Waals surface area contributed by atoms with Gasteiger partial charge in [0, 0.05) is 10.6 Å². The number of hydrogen-bond acceptors (Lipinski definition) is 4. The number of benzene rings is 2. The maximum atomic E-state index is 11.7. The first-order valence-corrected chi connectivity index (χ1v) is 7.10. The van der Waals surface area contributed by atoms with Gasteiger partial charge in [-0.3, -0.25) is 9.59 Å². The molecule has 0 aliphatic carbocycles. The van der Waals surface area contributed by atoms with Crippen molar-refractivity contribution < 1.29 is 14.7 Å². The highest BCUT2D eigenvalue weighted by Crippen LogP contribution is 2.21. The van der Waals surface area contributed by atoms with Crippen LogP contribution in [0.3, 0.4) is 0 Å². The number of anilines is 1. The Morgan fingerprint density at radius 2 is 1.83 bits per heavy atom. The Morgan fingerprint density at radius 1 is 1.09 bits per heavy atom. The fourth-order valence-electron chi connectivity index (χ4n) is 1.58. The second-order valence-electron chi connectivity index (χ2n) is 4.34. The molecule has 118 valence electrons. The first-order valence-electron chi connectivity index (χ1n) is 6.35. The van der Waals surface area contributed by atoms with Crippen molar-refractivity contribution in [1.29, 1.82) is 0 Å². The van der Waals surface area contributed by atoms with Gasteiger partial charge in [0.25, 0.3) is 0 Å². The summed E-state index contributed by atoms with van der Waals surface area (Å²) >= 11 is 11.7. The number of amides is 2. The molecule has 6 nitrogen and oxygen atoms in total. The molecule has 2 amide bonds. The number of halogens is 2. The van der Waals surface area contributed by atoms with Gasteiger partial charge in [-0.25, -0.2) is 5.43 Å². The molecule has 0 unspecified atom stereocenters. The molecule has 23 heavy (non-hydrogen) atoms. The highest BCUT2D eigenvalue weighted by atomic mass is 35.5. The monoisotopic (exact) mass is 351 g/mol. The van der Waals surface area contributed by atoms with Crippen molar-refractivity contribution >= 4 is 46.9 Å². The zero-order valence-corrected chi connectivity index (χ0v) is 13.1. The lowest BCUT2D eigenvalue weighted by atomic mass is 10.2. The van der Waals surface area contributed by atoms with E-state index in [0.717, 1.165) is 0 Å². The number of para-hydroxylation sites is 2. The molecule has 0 fully saturated rings. The third-order valence-corrected chi connectivity index (χ3v) is 3.25. The van der Waals surface area contributed by atoms with E-state index in [0.29, 0.717) is 15.6 Å². The van der Waals surface area contributed by atoms with E-state index in [-0.39, 0.29) is 11.4 Å². The van der Waals surface area contributed by atoms with Crippen LogP contribution in [0, 0.1) is 0 Å². The number of carbonyl (C=O) groups is 2. The lowest BCUT2D eigenvalue weighted by Crippen LogP contribution is -2.32. The minimum Gasteiger partial charge on any atom is -0.506 e. The van der Waals surface area contributed by atoms with E-state index < -0.39 is 11.8 Å². The summed E-state index contributed by atoms with van der Waals surface area (Å²) in [5.74, 6) is -2.11. The van der Waals surface area contributed by atoms with E-state index in [1.807, 2.05) is 0 Å². The molecule has 0 aliphatic heterocycles. The number of hydrogen-bond donors (Lipinski definition) is 3. The normalized spacial score (nSPS) is 10.5. The molecule has 0 bridgehead atoms. The van der Waals surface area contributed by atoms with Gasteiger partial charge in [-0.05, 0) is 24.3 Å². The molecule has 0 saturated heterocycles. The van der Waals surface area contributed by atoms with Gasteiger partial charge in [0.05, 0.1) is 16.9 Å². The standard InChI is InChI=1S/C15H11Cl2N3O3/c16-10-6-5-9(11(17)7-10)8-18-20-15(23)14(22)19-12-3-1-2-4-13(12)21/h1-8,21H,(H,19,22)(H,20,23)/b18-8+. The Balaban J connectivity index is 1.95. The highest BCUT2D eigenvalue weighted by molar-refractivity contribution is 6.40. The quantitative estimate of drug-likeness (QED) is 0.343. The van der Waals surface area contributed by atoms with Crippen LogP contribution in [0.25, 0.3) is 0 Å². The van der Waals surface area contributed by atoms with Crippen molar-refractivity contribution in [3.05, 3.63) is 58.1 Å². The smallest absolute Gasteiger partial charge is 0.329 e. The molecular formula is C15H11Cl2N3O3. The molecule has 0 radical (unpaired) electrons. The van der Waals surface area contributed by atoms with Crippen molar-refractivity contribution in [2.24, 2.45) is 5.10 Å². The fourth-order valence-corrected chi connectivity index (χ4v) is 2.03. The molecule has 0 saturated carbocycles. The van der Waals surface area contributed by atoms with Crippen LogP contribution in [0.2, 0.25) is 10.0 Å². The number of rotatable bonds is 3. The summed E-state index contributed by atoms with van der Waals surface area (Å²) < 4.78 is 0. The van der Waals surface area contributed by atoms with E-state index in [1.165, 1.54) is 24.4 Å². The predicted molar refractivity (Wildman–Crippen MR) is 88.9 cm³/mol. The maximum Gasteiger partial charge on any atom is 0.329 e. The first-order chi connectivity index (χ1) is 11.0. The fraction of sp³-hybridized carbons (Fsp3) is 0. The van der Waals surface area contributed by atoms with Crippen LogP contribution in [-0.2, 0) is 9.59 Å². The number of hydrazone groups is 1. The van der Waals surface area contributed by atoms with E-state index >= 15 is 0 Å². The Hall–Kier alpha value is -2.57. The van der Waals surface area contributed by atoms with E-state index in [1.54, 1.807) is 24.3 Å². The molecule has 0 aliphatic rings. The van der Waals surface area contributed by atoms with E-state index in [9.17, 15) is 14.7 Å². The zero-order valence-electron chi connectivity index (χ0n) is 11.6. The second kappa shape index (κ2) is 7.62. The Bertz CT molecular complexity index is 778. The molecule has 2 aromatic rings. The van der Waals surface area contributed by atoms with Crippen LogP contribution in [0.1, 0.15) is 5.56 Å². The van der Waals surface area contributed by atoms with Gasteiger partial charge in [0.1, 0.15) is 5.75 Å². The molecule has 2 rings (SSSR count). The molecule has 2 aromatic carbocycles. The molecule has 3 N–H and O–H groups in total. The highest BCUT2D eigenvalue weighted by Gasteiger charge is 2.14. The summed E-state index contributed by atoms with van der Waals surface area (Å²) in [5, 5.41) is 16.2. The van der Waals surface area contributed by atoms with Gasteiger partial charge in [-0.1, -0.05) is 41.4 Å².